The van der Waals surface area contributed by atoms with Crippen molar-refractivity contribution in [2.75, 3.05) is 9.80 Å². The quantitative estimate of drug-likeness (QED) is 0.0951. The molecule has 0 aliphatic carbocycles. The summed E-state index contributed by atoms with van der Waals surface area (Å²) in [6, 6.07) is 171. The second kappa shape index (κ2) is 29.1. The molecule has 0 fully saturated rings. The highest BCUT2D eigenvalue weighted by molar-refractivity contribution is 6.20. The average molecular weight is 1530 g/mol. The zero-order chi connectivity index (χ0) is 79.1. The Hall–Kier alpha value is -15.9. The van der Waals surface area contributed by atoms with Gasteiger partial charge in [0.2, 0.25) is 0 Å². The van der Waals surface area contributed by atoms with E-state index in [-0.39, 0.29) is 0 Å². The van der Waals surface area contributed by atoms with E-state index in [2.05, 4.69) is 480 Å². The fourth-order valence-electron chi connectivity index (χ4n) is 19.3. The zero-order valence-corrected chi connectivity index (χ0v) is 65.7. The van der Waals surface area contributed by atoms with Gasteiger partial charge in [0.25, 0.3) is 0 Å². The number of para-hydroxylation sites is 6. The van der Waals surface area contributed by atoms with Crippen LogP contribution in [0.1, 0.15) is 0 Å². The van der Waals surface area contributed by atoms with E-state index >= 15 is 0 Å². The van der Waals surface area contributed by atoms with Crippen LogP contribution >= 0.6 is 0 Å². The standard InChI is InChI=1S/C116H76N4/c1-3-39-87(40-4-1)119-110-58-23-19-52-103(110)115-98(55-29-61-113(115)119)83-37-25-35-81(72-83)96-46-18-22-57-108(96)118(90-68-64-80(65-69-90)105-74-85-32-9-11-44-93(85)99-48-13-14-50-101(99)105)112-71-70-94(100-49-15-16-51-102(100)112)86-75-106(116-104-53-20-24-59-111(104)120(114(116)76-86)88-41-5-2-6-42-88)84-38-26-36-82(73-84)97-47-17-21-56-107(97)117(109-60-28-34-78-31-8-12-45-95(78)109)89-66-62-79(63-67-89)92-54-27-33-77-30-7-10-43-91(77)92/h1-76H. The molecular weight excluding hydrogens is 1450 g/mol. The first kappa shape index (κ1) is 69.6. The molecule has 0 saturated heterocycles. The molecule has 0 spiro atoms. The van der Waals surface area contributed by atoms with Crippen molar-refractivity contribution in [3.63, 3.8) is 0 Å². The van der Waals surface area contributed by atoms with E-state index in [4.69, 9.17) is 0 Å². The van der Waals surface area contributed by atoms with Crippen molar-refractivity contribution in [3.8, 4) is 89.3 Å². The highest BCUT2D eigenvalue weighted by Gasteiger charge is 2.27. The first-order valence-corrected chi connectivity index (χ1v) is 41.4. The number of nitrogens with zero attached hydrogens (tertiary/aromatic N) is 4. The highest BCUT2D eigenvalue weighted by atomic mass is 15.2. The second-order valence-corrected chi connectivity index (χ2v) is 31.3. The summed E-state index contributed by atoms with van der Waals surface area (Å²) in [7, 11) is 0. The molecule has 120 heavy (non-hydrogen) atoms. The number of hydrogen-bond donors (Lipinski definition) is 0. The third-order valence-corrected chi connectivity index (χ3v) is 24.6. The summed E-state index contributed by atoms with van der Waals surface area (Å²) in [5, 5.41) is 16.8. The molecule has 23 rings (SSSR count). The summed E-state index contributed by atoms with van der Waals surface area (Å²) in [5.41, 5.74) is 29.3. The molecule has 0 atom stereocenters. The fourth-order valence-corrected chi connectivity index (χ4v) is 19.3. The minimum absolute atomic E-state index is 1.04. The largest absolute Gasteiger partial charge is 0.309 e. The first-order chi connectivity index (χ1) is 59.6. The maximum atomic E-state index is 2.51. The summed E-state index contributed by atoms with van der Waals surface area (Å²) in [4.78, 5) is 4.98. The minimum Gasteiger partial charge on any atom is -0.309 e. The van der Waals surface area contributed by atoms with Crippen LogP contribution in [0.3, 0.4) is 0 Å². The molecule has 0 unspecified atom stereocenters. The molecule has 0 saturated carbocycles. The predicted octanol–water partition coefficient (Wildman–Crippen LogP) is 32.3. The van der Waals surface area contributed by atoms with E-state index in [0.29, 0.717) is 0 Å². The average Bonchev–Trinajstić information content (AvgIpc) is 1.55. The Bertz CT molecular complexity index is 7960. The van der Waals surface area contributed by atoms with Gasteiger partial charge < -0.3 is 18.9 Å². The summed E-state index contributed by atoms with van der Waals surface area (Å²) < 4.78 is 4.88. The summed E-state index contributed by atoms with van der Waals surface area (Å²) in [6.07, 6.45) is 0. The fraction of sp³-hybridized carbons (Fsp3) is 0. The molecule has 23 aromatic rings. The number of hydrogen-bond acceptors (Lipinski definition) is 2. The molecule has 2 heterocycles. The van der Waals surface area contributed by atoms with Gasteiger partial charge in [0.15, 0.2) is 0 Å². The van der Waals surface area contributed by atoms with E-state index in [1.54, 1.807) is 0 Å². The van der Waals surface area contributed by atoms with Crippen molar-refractivity contribution in [1.82, 2.24) is 9.13 Å². The van der Waals surface area contributed by atoms with Crippen LogP contribution in [0, 0.1) is 0 Å². The molecule has 0 aliphatic rings. The van der Waals surface area contributed by atoms with E-state index in [1.165, 1.54) is 97.9 Å². The van der Waals surface area contributed by atoms with Crippen molar-refractivity contribution in [2.24, 2.45) is 0 Å². The molecule has 0 N–H and O–H groups in total. The Balaban J connectivity index is 0.702. The van der Waals surface area contributed by atoms with Crippen LogP contribution in [0.15, 0.2) is 461 Å². The van der Waals surface area contributed by atoms with Crippen LogP contribution in [0.25, 0.3) is 187 Å². The van der Waals surface area contributed by atoms with Gasteiger partial charge in [0.05, 0.1) is 44.8 Å². The second-order valence-electron chi connectivity index (χ2n) is 31.3. The third-order valence-electron chi connectivity index (χ3n) is 24.6. The summed E-state index contributed by atoms with van der Waals surface area (Å²) in [5.74, 6) is 0. The van der Waals surface area contributed by atoms with E-state index in [9.17, 15) is 0 Å². The lowest BCUT2D eigenvalue weighted by atomic mass is 9.90. The molecule has 0 aliphatic heterocycles. The Morgan fingerprint density at radius 2 is 0.525 bits per heavy atom. The van der Waals surface area contributed by atoms with Crippen molar-refractivity contribution in [1.29, 1.82) is 0 Å². The molecule has 560 valence electrons. The van der Waals surface area contributed by atoms with Crippen molar-refractivity contribution >= 4 is 132 Å². The number of benzene rings is 21. The lowest BCUT2D eigenvalue weighted by Crippen LogP contribution is -2.12. The van der Waals surface area contributed by atoms with Gasteiger partial charge in [-0.25, -0.2) is 0 Å². The molecule has 2 aromatic heterocycles. The van der Waals surface area contributed by atoms with Gasteiger partial charge in [-0.05, 0) is 231 Å². The zero-order valence-electron chi connectivity index (χ0n) is 65.7. The molecule has 21 aromatic carbocycles. The number of aromatic nitrogens is 2. The normalized spacial score (nSPS) is 11.7. The van der Waals surface area contributed by atoms with Crippen molar-refractivity contribution in [2.45, 2.75) is 0 Å². The molecular formula is C116H76N4. The van der Waals surface area contributed by atoms with Gasteiger partial charge >= 0.3 is 0 Å². The van der Waals surface area contributed by atoms with Crippen LogP contribution < -0.4 is 9.80 Å². The predicted molar refractivity (Wildman–Crippen MR) is 510 cm³/mol. The third kappa shape index (κ3) is 11.7. The SMILES string of the molecule is c1ccc(-n2c3ccccc3c3c(-c4cccc(-c5ccccc5N(c5ccc(-c6cc7ccccc7c7ccccc67)cc5)c5ccc(-c6cc(-c7cccc(-c8ccccc8N(c8ccc(-c9cccc%10ccccc9%10)cc8)c8cccc9ccccc89)c7)c7c8ccccc8n(-c8ccccc8)c7c6)c6ccccc56)c4)cccc32)cc1. The minimum atomic E-state index is 1.04. The monoisotopic (exact) mass is 1520 g/mol. The lowest BCUT2D eigenvalue weighted by Gasteiger charge is -2.30. The van der Waals surface area contributed by atoms with Crippen LogP contribution in [-0.4, -0.2) is 9.13 Å². The van der Waals surface area contributed by atoms with Crippen LogP contribution in [0.2, 0.25) is 0 Å². The van der Waals surface area contributed by atoms with E-state index in [1.807, 2.05) is 0 Å². The van der Waals surface area contributed by atoms with Crippen LogP contribution in [-0.2, 0) is 0 Å². The highest BCUT2D eigenvalue weighted by Crippen LogP contribution is 2.52. The van der Waals surface area contributed by atoms with Crippen molar-refractivity contribution in [3.05, 3.63) is 461 Å². The lowest BCUT2D eigenvalue weighted by molar-refractivity contribution is 1.18. The maximum Gasteiger partial charge on any atom is 0.0553 e. The number of anilines is 6. The maximum absolute atomic E-state index is 2.51. The Morgan fingerprint density at radius 1 is 0.150 bits per heavy atom. The summed E-state index contributed by atoms with van der Waals surface area (Å²) >= 11 is 0. The Kier molecular flexibility index (Phi) is 16.9. The summed E-state index contributed by atoms with van der Waals surface area (Å²) in [6.45, 7) is 0. The Morgan fingerprint density at radius 3 is 1.14 bits per heavy atom. The number of rotatable bonds is 15. The molecule has 0 amide bonds. The van der Waals surface area contributed by atoms with E-state index in [0.717, 1.165) is 123 Å². The molecule has 0 radical (unpaired) electrons. The first-order valence-electron chi connectivity index (χ1n) is 41.4. The van der Waals surface area contributed by atoms with Crippen LogP contribution in [0.5, 0.6) is 0 Å². The van der Waals surface area contributed by atoms with Crippen LogP contribution in [0.4, 0.5) is 34.1 Å². The van der Waals surface area contributed by atoms with Gasteiger partial charge in [-0.2, -0.15) is 0 Å². The van der Waals surface area contributed by atoms with Gasteiger partial charge in [0.1, 0.15) is 0 Å². The van der Waals surface area contributed by atoms with Gasteiger partial charge in [0, 0.05) is 66.2 Å². The topological polar surface area (TPSA) is 16.3 Å². The molecule has 0 bridgehead atoms. The van der Waals surface area contributed by atoms with Gasteiger partial charge in [-0.3, -0.25) is 0 Å². The number of fused-ring (bicyclic) bond motifs is 12. The van der Waals surface area contributed by atoms with Gasteiger partial charge in [-0.15, -0.1) is 0 Å². The van der Waals surface area contributed by atoms with E-state index < -0.39 is 0 Å². The molecule has 4 nitrogen and oxygen atoms in total. The van der Waals surface area contributed by atoms with Crippen molar-refractivity contribution < 1.29 is 0 Å². The Labute approximate surface area is 696 Å². The molecule has 4 heteroatoms. The smallest absolute Gasteiger partial charge is 0.0553 e. The van der Waals surface area contributed by atoms with Gasteiger partial charge in [-0.1, -0.05) is 340 Å².